The average Bonchev–Trinajstić information content (AvgIpc) is 3.41. The predicted molar refractivity (Wildman–Crippen MR) is 116 cm³/mol. The third kappa shape index (κ3) is 3.13. The number of hydrogen-bond donors (Lipinski definition) is 1. The van der Waals surface area contributed by atoms with E-state index in [1.165, 1.54) is 5.56 Å². The molecule has 4 aromatic rings. The van der Waals surface area contributed by atoms with Crippen LogP contribution >= 0.6 is 11.6 Å². The lowest BCUT2D eigenvalue weighted by Gasteiger charge is -2.35. The second kappa shape index (κ2) is 7.54. The quantitative estimate of drug-likeness (QED) is 0.500. The Kier molecular flexibility index (Phi) is 4.71. The number of halogens is 1. The smallest absolute Gasteiger partial charge is 0.410 e. The van der Waals surface area contributed by atoms with Gasteiger partial charge in [0.2, 0.25) is 0 Å². The number of imidazole rings is 1. The van der Waals surface area contributed by atoms with E-state index in [-0.39, 0.29) is 12.1 Å². The first kappa shape index (κ1) is 18.8. The number of H-pyrrole nitrogens is 1. The van der Waals surface area contributed by atoms with Crippen LogP contribution in [0.3, 0.4) is 0 Å². The Morgan fingerprint density at radius 3 is 2.83 bits per heavy atom. The molecule has 6 nitrogen and oxygen atoms in total. The summed E-state index contributed by atoms with van der Waals surface area (Å²) in [4.78, 5) is 22.2. The summed E-state index contributed by atoms with van der Waals surface area (Å²) in [6, 6.07) is 13.8. The summed E-state index contributed by atoms with van der Waals surface area (Å²) >= 11 is 6.25. The number of aromatic amines is 1. The first-order valence-corrected chi connectivity index (χ1v) is 10.3. The Morgan fingerprint density at radius 1 is 1.27 bits per heavy atom. The number of rotatable bonds is 3. The maximum absolute atomic E-state index is 12.8. The molecule has 1 unspecified atom stereocenters. The minimum Gasteiger partial charge on any atom is -0.450 e. The van der Waals surface area contributed by atoms with E-state index in [9.17, 15) is 4.79 Å². The molecular formula is C23H21ClN4O2. The molecule has 1 N–H and O–H groups in total. The van der Waals surface area contributed by atoms with Crippen molar-refractivity contribution in [3.8, 4) is 5.69 Å². The molecule has 0 radical (unpaired) electrons. The standard InChI is InChI=1S/C23H21ClN4O2/c1-2-30-23(29)28-11-9-18-19-13-16(24)5-8-20(19)26-21(18)22(28)15-3-6-17(7-4-15)27-12-10-25-14-27/h3-8,10,12-14,22,26H,2,9,11H2,1H3. The molecule has 1 atom stereocenters. The van der Waals surface area contributed by atoms with Crippen molar-refractivity contribution in [3.63, 3.8) is 0 Å². The molecule has 5 rings (SSSR count). The van der Waals surface area contributed by atoms with Gasteiger partial charge in [-0.1, -0.05) is 23.7 Å². The van der Waals surface area contributed by atoms with Gasteiger partial charge >= 0.3 is 6.09 Å². The van der Waals surface area contributed by atoms with E-state index in [1.54, 1.807) is 17.4 Å². The van der Waals surface area contributed by atoms with Crippen molar-refractivity contribution in [2.75, 3.05) is 13.2 Å². The van der Waals surface area contributed by atoms with Crippen molar-refractivity contribution in [1.82, 2.24) is 19.4 Å². The number of fused-ring (bicyclic) bond motifs is 3. The summed E-state index contributed by atoms with van der Waals surface area (Å²) < 4.78 is 7.31. The van der Waals surface area contributed by atoms with Crippen molar-refractivity contribution in [2.24, 2.45) is 0 Å². The minimum absolute atomic E-state index is 0.254. The highest BCUT2D eigenvalue weighted by atomic mass is 35.5. The summed E-state index contributed by atoms with van der Waals surface area (Å²) in [5.74, 6) is 0. The highest BCUT2D eigenvalue weighted by Gasteiger charge is 2.35. The van der Waals surface area contributed by atoms with E-state index in [2.05, 4.69) is 22.1 Å². The molecule has 7 heteroatoms. The maximum atomic E-state index is 12.8. The fraction of sp³-hybridized carbons (Fsp3) is 0.217. The van der Waals surface area contributed by atoms with Gasteiger partial charge in [0.25, 0.3) is 0 Å². The number of carbonyl (C=O) groups is 1. The highest BCUT2D eigenvalue weighted by Crippen LogP contribution is 2.39. The molecule has 1 aliphatic heterocycles. The second-order valence-electron chi connectivity index (χ2n) is 7.31. The molecule has 0 spiro atoms. The van der Waals surface area contributed by atoms with Gasteiger partial charge in [-0.05, 0) is 54.8 Å². The van der Waals surface area contributed by atoms with E-state index < -0.39 is 0 Å². The molecule has 0 saturated heterocycles. The van der Waals surface area contributed by atoms with Crippen molar-refractivity contribution in [2.45, 2.75) is 19.4 Å². The van der Waals surface area contributed by atoms with E-state index >= 15 is 0 Å². The number of ether oxygens (including phenoxy) is 1. The average molecular weight is 421 g/mol. The van der Waals surface area contributed by atoms with Crippen molar-refractivity contribution in [1.29, 1.82) is 0 Å². The highest BCUT2D eigenvalue weighted by molar-refractivity contribution is 6.31. The Hall–Kier alpha value is -3.25. The van der Waals surface area contributed by atoms with E-state index in [1.807, 2.05) is 48.0 Å². The van der Waals surface area contributed by atoms with Gasteiger partial charge in [-0.2, -0.15) is 0 Å². The van der Waals surface area contributed by atoms with E-state index in [4.69, 9.17) is 16.3 Å². The van der Waals surface area contributed by atoms with Gasteiger partial charge in [-0.25, -0.2) is 9.78 Å². The number of aromatic nitrogens is 3. The third-order valence-electron chi connectivity index (χ3n) is 5.60. The first-order valence-electron chi connectivity index (χ1n) is 9.97. The fourth-order valence-corrected chi connectivity index (χ4v) is 4.42. The molecule has 30 heavy (non-hydrogen) atoms. The summed E-state index contributed by atoms with van der Waals surface area (Å²) in [5.41, 5.74) is 5.28. The molecule has 0 bridgehead atoms. The molecule has 1 amide bonds. The molecule has 0 fully saturated rings. The summed E-state index contributed by atoms with van der Waals surface area (Å²) in [6.07, 6.45) is 5.86. The van der Waals surface area contributed by atoms with Crippen LogP contribution in [-0.4, -0.2) is 38.7 Å². The Morgan fingerprint density at radius 2 is 2.10 bits per heavy atom. The zero-order valence-electron chi connectivity index (χ0n) is 16.5. The zero-order chi connectivity index (χ0) is 20.7. The Balaban J connectivity index is 1.62. The number of benzene rings is 2. The zero-order valence-corrected chi connectivity index (χ0v) is 17.3. The van der Waals surface area contributed by atoms with E-state index in [0.717, 1.165) is 34.3 Å². The molecule has 2 aromatic carbocycles. The molecule has 2 aromatic heterocycles. The predicted octanol–water partition coefficient (Wildman–Crippen LogP) is 5.11. The number of nitrogens with one attached hydrogen (secondary N) is 1. The summed E-state index contributed by atoms with van der Waals surface area (Å²) in [5, 5.41) is 1.82. The third-order valence-corrected chi connectivity index (χ3v) is 5.84. The Bertz CT molecular complexity index is 1200. The van der Waals surface area contributed by atoms with Crippen LogP contribution in [0.4, 0.5) is 4.79 Å². The van der Waals surface area contributed by atoms with Crippen LogP contribution < -0.4 is 0 Å². The van der Waals surface area contributed by atoms with E-state index in [0.29, 0.717) is 18.2 Å². The van der Waals surface area contributed by atoms with Gasteiger partial charge < -0.3 is 14.3 Å². The van der Waals surface area contributed by atoms with Crippen LogP contribution in [0.15, 0.2) is 61.2 Å². The first-order chi connectivity index (χ1) is 14.7. The molecule has 0 aliphatic carbocycles. The van der Waals surface area contributed by atoms with Crippen LogP contribution in [-0.2, 0) is 11.2 Å². The molecule has 0 saturated carbocycles. The summed E-state index contributed by atoms with van der Waals surface area (Å²) in [7, 11) is 0. The number of hydrogen-bond acceptors (Lipinski definition) is 3. The van der Waals surface area contributed by atoms with Gasteiger partial charge in [0, 0.05) is 46.2 Å². The van der Waals surface area contributed by atoms with Crippen molar-refractivity contribution < 1.29 is 9.53 Å². The van der Waals surface area contributed by atoms with Crippen molar-refractivity contribution >= 4 is 28.6 Å². The second-order valence-corrected chi connectivity index (χ2v) is 7.75. The van der Waals surface area contributed by atoms with Gasteiger partial charge in [-0.15, -0.1) is 0 Å². The van der Waals surface area contributed by atoms with Gasteiger partial charge in [0.1, 0.15) is 6.04 Å². The largest absolute Gasteiger partial charge is 0.450 e. The molecular weight excluding hydrogens is 400 g/mol. The molecule has 1 aliphatic rings. The fourth-order valence-electron chi connectivity index (χ4n) is 4.25. The van der Waals surface area contributed by atoms with Gasteiger partial charge in [0.05, 0.1) is 12.9 Å². The van der Waals surface area contributed by atoms with Crippen LogP contribution in [0, 0.1) is 0 Å². The normalized spacial score (nSPS) is 15.9. The van der Waals surface area contributed by atoms with Gasteiger partial charge in [0.15, 0.2) is 0 Å². The lowest BCUT2D eigenvalue weighted by Crippen LogP contribution is -2.41. The lowest BCUT2D eigenvalue weighted by atomic mass is 9.92. The van der Waals surface area contributed by atoms with Crippen LogP contribution in [0.1, 0.15) is 29.8 Å². The SMILES string of the molecule is CCOC(=O)N1CCc2c([nH]c3ccc(Cl)cc23)C1c1ccc(-n2ccnc2)cc1. The minimum atomic E-state index is -0.302. The van der Waals surface area contributed by atoms with Crippen LogP contribution in [0.2, 0.25) is 5.02 Å². The number of carbonyl (C=O) groups excluding carboxylic acids is 1. The Labute approximate surface area is 179 Å². The summed E-state index contributed by atoms with van der Waals surface area (Å²) in [6.45, 7) is 2.75. The van der Waals surface area contributed by atoms with Crippen LogP contribution in [0.25, 0.3) is 16.6 Å². The molecule has 3 heterocycles. The molecule has 152 valence electrons. The monoisotopic (exact) mass is 420 g/mol. The topological polar surface area (TPSA) is 63.1 Å². The van der Waals surface area contributed by atoms with Crippen molar-refractivity contribution in [3.05, 3.63) is 83.0 Å². The lowest BCUT2D eigenvalue weighted by molar-refractivity contribution is 0.0932. The number of amides is 1. The maximum Gasteiger partial charge on any atom is 0.410 e. The van der Waals surface area contributed by atoms with Crippen LogP contribution in [0.5, 0.6) is 0 Å². The number of nitrogens with zero attached hydrogens (tertiary/aromatic N) is 3. The van der Waals surface area contributed by atoms with Gasteiger partial charge in [-0.3, -0.25) is 4.90 Å².